The number of benzene rings is 2. The van der Waals surface area contributed by atoms with Crippen molar-refractivity contribution in [1.82, 2.24) is 0 Å². The Morgan fingerprint density at radius 1 is 0.944 bits per heavy atom. The van der Waals surface area contributed by atoms with Gasteiger partial charge in [0.2, 0.25) is 0 Å². The monoisotopic (exact) mass is 301 g/mol. The van der Waals surface area contributed by atoms with Gasteiger partial charge in [-0.15, -0.1) is 0 Å². The minimum absolute atomic E-state index is 0.615. The summed E-state index contributed by atoms with van der Waals surface area (Å²) in [5, 5.41) is 3.59. The van der Waals surface area contributed by atoms with Crippen LogP contribution in [0.15, 0.2) is 59.1 Å². The first-order chi connectivity index (χ1) is 8.81. The van der Waals surface area contributed by atoms with E-state index in [1.807, 2.05) is 0 Å². The van der Waals surface area contributed by atoms with E-state index in [9.17, 15) is 0 Å². The Hall–Kier alpha value is -1.28. The molecule has 0 unspecified atom stereocenters. The van der Waals surface area contributed by atoms with Gasteiger partial charge < -0.3 is 5.32 Å². The molecule has 0 saturated heterocycles. The molecular weight excluding hydrogens is 286 g/mol. The average Bonchev–Trinajstić information content (AvgIpc) is 2.34. The van der Waals surface area contributed by atoms with Crippen molar-refractivity contribution in [2.75, 3.05) is 5.32 Å². The Morgan fingerprint density at radius 3 is 2.44 bits per heavy atom. The van der Waals surface area contributed by atoms with E-state index in [1.165, 1.54) is 24.1 Å². The molecule has 0 atom stereocenters. The second-order valence-corrected chi connectivity index (χ2v) is 5.85. The molecule has 2 heteroatoms. The van der Waals surface area contributed by atoms with Crippen molar-refractivity contribution in [3.63, 3.8) is 0 Å². The van der Waals surface area contributed by atoms with Gasteiger partial charge in [-0.3, -0.25) is 0 Å². The zero-order valence-corrected chi connectivity index (χ0v) is 11.7. The van der Waals surface area contributed by atoms with E-state index in [0.29, 0.717) is 6.04 Å². The molecule has 1 aliphatic carbocycles. The lowest BCUT2D eigenvalue weighted by molar-refractivity contribution is 0.374. The van der Waals surface area contributed by atoms with Crippen LogP contribution >= 0.6 is 15.9 Å². The fourth-order valence-electron chi connectivity index (χ4n) is 2.55. The van der Waals surface area contributed by atoms with Crippen LogP contribution in [0.1, 0.15) is 24.3 Å². The molecule has 0 heterocycles. The minimum atomic E-state index is 0.615. The molecule has 0 radical (unpaired) electrons. The molecule has 0 aliphatic heterocycles. The third-order valence-corrected chi connectivity index (χ3v) is 4.10. The highest BCUT2D eigenvalue weighted by Crippen LogP contribution is 2.38. The number of hydrogen-bond acceptors (Lipinski definition) is 1. The highest BCUT2D eigenvalue weighted by Gasteiger charge is 2.29. The lowest BCUT2D eigenvalue weighted by Gasteiger charge is -2.37. The van der Waals surface area contributed by atoms with Crippen LogP contribution in [0.3, 0.4) is 0 Å². The molecular formula is C16H16BrN. The van der Waals surface area contributed by atoms with Crippen molar-refractivity contribution >= 4 is 21.6 Å². The summed E-state index contributed by atoms with van der Waals surface area (Å²) < 4.78 is 1.13. The zero-order chi connectivity index (χ0) is 12.4. The summed E-state index contributed by atoms with van der Waals surface area (Å²) >= 11 is 3.50. The Bertz CT molecular complexity index is 518. The summed E-state index contributed by atoms with van der Waals surface area (Å²) in [5.41, 5.74) is 2.69. The topological polar surface area (TPSA) is 12.0 Å². The quantitative estimate of drug-likeness (QED) is 0.858. The summed E-state index contributed by atoms with van der Waals surface area (Å²) in [6.45, 7) is 0. The number of anilines is 1. The summed E-state index contributed by atoms with van der Waals surface area (Å²) in [5.74, 6) is 0.732. The van der Waals surface area contributed by atoms with Crippen molar-refractivity contribution in [3.05, 3.63) is 64.6 Å². The van der Waals surface area contributed by atoms with E-state index in [0.717, 1.165) is 10.4 Å². The van der Waals surface area contributed by atoms with Gasteiger partial charge in [-0.2, -0.15) is 0 Å². The van der Waals surface area contributed by atoms with Gasteiger partial charge in [-0.1, -0.05) is 52.3 Å². The van der Waals surface area contributed by atoms with Crippen LogP contribution in [-0.2, 0) is 0 Å². The van der Waals surface area contributed by atoms with Gasteiger partial charge in [0.1, 0.15) is 0 Å². The molecule has 1 N–H and O–H groups in total. The largest absolute Gasteiger partial charge is 0.382 e. The molecule has 1 aliphatic rings. The maximum atomic E-state index is 3.59. The number of nitrogens with one attached hydrogen (secondary N) is 1. The average molecular weight is 302 g/mol. The van der Waals surface area contributed by atoms with Crippen molar-refractivity contribution in [3.8, 4) is 0 Å². The van der Waals surface area contributed by atoms with Gasteiger partial charge in [0.25, 0.3) is 0 Å². The molecule has 92 valence electrons. The Kier molecular flexibility index (Phi) is 3.37. The molecule has 2 aromatic rings. The molecule has 0 spiro atoms. The first kappa shape index (κ1) is 11.8. The standard InChI is InChI=1S/C16H16BrN/c17-14-7-4-8-15(11-14)18-16-9-13(10-16)12-5-2-1-3-6-12/h1-8,11,13,16,18H,9-10H2. The molecule has 2 aromatic carbocycles. The summed E-state index contributed by atoms with van der Waals surface area (Å²) in [6.07, 6.45) is 2.47. The second kappa shape index (κ2) is 5.15. The first-order valence-electron chi connectivity index (χ1n) is 6.38. The van der Waals surface area contributed by atoms with Crippen molar-refractivity contribution in [2.45, 2.75) is 24.8 Å². The minimum Gasteiger partial charge on any atom is -0.382 e. The summed E-state index contributed by atoms with van der Waals surface area (Å²) in [4.78, 5) is 0. The van der Waals surface area contributed by atoms with Crippen molar-refractivity contribution in [2.24, 2.45) is 0 Å². The van der Waals surface area contributed by atoms with Gasteiger partial charge >= 0.3 is 0 Å². The Balaban J connectivity index is 1.57. The SMILES string of the molecule is Brc1cccc(NC2CC(c3ccccc3)C2)c1. The summed E-state index contributed by atoms with van der Waals surface area (Å²) in [6, 6.07) is 19.8. The van der Waals surface area contributed by atoms with Crippen molar-refractivity contribution in [1.29, 1.82) is 0 Å². The molecule has 0 amide bonds. The van der Waals surface area contributed by atoms with Crippen LogP contribution in [0.2, 0.25) is 0 Å². The van der Waals surface area contributed by atoms with Gasteiger partial charge in [0, 0.05) is 16.2 Å². The number of halogens is 1. The zero-order valence-electron chi connectivity index (χ0n) is 10.1. The molecule has 1 fully saturated rings. The van der Waals surface area contributed by atoms with Crippen LogP contribution in [0.5, 0.6) is 0 Å². The van der Waals surface area contributed by atoms with Gasteiger partial charge in [-0.25, -0.2) is 0 Å². The van der Waals surface area contributed by atoms with E-state index < -0.39 is 0 Å². The van der Waals surface area contributed by atoms with E-state index in [1.54, 1.807) is 0 Å². The van der Waals surface area contributed by atoms with Crippen LogP contribution in [0.4, 0.5) is 5.69 Å². The summed E-state index contributed by atoms with van der Waals surface area (Å²) in [7, 11) is 0. The van der Waals surface area contributed by atoms with Gasteiger partial charge in [0.15, 0.2) is 0 Å². The van der Waals surface area contributed by atoms with E-state index >= 15 is 0 Å². The predicted octanol–water partition coefficient (Wildman–Crippen LogP) is 4.81. The third kappa shape index (κ3) is 2.59. The Labute approximate surface area is 116 Å². The second-order valence-electron chi connectivity index (χ2n) is 4.93. The van der Waals surface area contributed by atoms with Gasteiger partial charge in [-0.05, 0) is 42.5 Å². The fraction of sp³-hybridized carbons (Fsp3) is 0.250. The molecule has 18 heavy (non-hydrogen) atoms. The van der Waals surface area contributed by atoms with Crippen LogP contribution < -0.4 is 5.32 Å². The third-order valence-electron chi connectivity index (χ3n) is 3.60. The van der Waals surface area contributed by atoms with E-state index in [2.05, 4.69) is 75.8 Å². The van der Waals surface area contributed by atoms with Gasteiger partial charge in [0.05, 0.1) is 0 Å². The number of rotatable bonds is 3. The maximum absolute atomic E-state index is 3.59. The fourth-order valence-corrected chi connectivity index (χ4v) is 2.95. The highest BCUT2D eigenvalue weighted by atomic mass is 79.9. The van der Waals surface area contributed by atoms with E-state index in [4.69, 9.17) is 0 Å². The predicted molar refractivity (Wildman–Crippen MR) is 80.0 cm³/mol. The van der Waals surface area contributed by atoms with E-state index in [-0.39, 0.29) is 0 Å². The number of hydrogen-bond donors (Lipinski definition) is 1. The lowest BCUT2D eigenvalue weighted by atomic mass is 9.76. The molecule has 1 saturated carbocycles. The molecule has 0 bridgehead atoms. The van der Waals surface area contributed by atoms with Crippen molar-refractivity contribution < 1.29 is 0 Å². The normalized spacial score (nSPS) is 22.3. The highest BCUT2D eigenvalue weighted by molar-refractivity contribution is 9.10. The Morgan fingerprint density at radius 2 is 1.72 bits per heavy atom. The smallest absolute Gasteiger partial charge is 0.0353 e. The van der Waals surface area contributed by atoms with Crippen LogP contribution in [0, 0.1) is 0 Å². The molecule has 1 nitrogen and oxygen atoms in total. The lowest BCUT2D eigenvalue weighted by Crippen LogP contribution is -2.33. The van der Waals surface area contributed by atoms with Crippen LogP contribution in [0.25, 0.3) is 0 Å². The first-order valence-corrected chi connectivity index (χ1v) is 7.17. The van der Waals surface area contributed by atoms with Crippen LogP contribution in [-0.4, -0.2) is 6.04 Å². The molecule has 0 aromatic heterocycles. The molecule has 3 rings (SSSR count). The maximum Gasteiger partial charge on any atom is 0.0353 e.